The molecule has 2 aromatic carbocycles. The maximum Gasteiger partial charge on any atom is 0.257 e. The molecule has 0 radical (unpaired) electrons. The second-order valence-electron chi connectivity index (χ2n) is 8.98. The summed E-state index contributed by atoms with van der Waals surface area (Å²) >= 11 is 0. The van der Waals surface area contributed by atoms with Gasteiger partial charge in [-0.15, -0.1) is 0 Å². The number of amides is 2. The molecule has 1 aliphatic rings. The summed E-state index contributed by atoms with van der Waals surface area (Å²) < 4.78 is 6.29. The molecule has 1 atom stereocenters. The van der Waals surface area contributed by atoms with Crippen LogP contribution in [0.3, 0.4) is 0 Å². The molecule has 178 valence electrons. The number of hydrogen-bond donors (Lipinski definition) is 0. The van der Waals surface area contributed by atoms with Crippen molar-refractivity contribution in [1.29, 1.82) is 0 Å². The third-order valence-corrected chi connectivity index (χ3v) is 6.66. The molecule has 0 aliphatic carbocycles. The van der Waals surface area contributed by atoms with E-state index < -0.39 is 0 Å². The van der Waals surface area contributed by atoms with Gasteiger partial charge in [0.05, 0.1) is 11.6 Å². The Balaban J connectivity index is 1.95. The van der Waals surface area contributed by atoms with Crippen LogP contribution >= 0.6 is 0 Å². The van der Waals surface area contributed by atoms with E-state index in [1.807, 2.05) is 49.5 Å². The Morgan fingerprint density at radius 3 is 2.36 bits per heavy atom. The molecular weight excluding hydrogens is 412 g/mol. The van der Waals surface area contributed by atoms with Crippen LogP contribution in [0.25, 0.3) is 0 Å². The number of carbonyl (C=O) groups is 2. The standard InChI is InChI=1S/C28H38N2O3/c1-4-23(5-2)27(31)30-19-13-7-12-18-29(3)28(32)25-16-10-11-17-26(25)33-21-24(30)20-22-14-8-6-9-15-22/h6,8-11,14-17,23-24H,4-5,7,12-13,18-21H2,1-3H3/t24-/m1/s1. The molecule has 2 amide bonds. The number of hydrogen-bond acceptors (Lipinski definition) is 3. The van der Waals surface area contributed by atoms with Crippen LogP contribution < -0.4 is 4.74 Å². The van der Waals surface area contributed by atoms with Crippen molar-refractivity contribution in [3.05, 3.63) is 65.7 Å². The van der Waals surface area contributed by atoms with Crippen LogP contribution in [0.1, 0.15) is 61.9 Å². The first kappa shape index (κ1) is 24.8. The molecule has 0 unspecified atom stereocenters. The van der Waals surface area contributed by atoms with Gasteiger partial charge in [0.2, 0.25) is 5.91 Å². The van der Waals surface area contributed by atoms with E-state index in [0.717, 1.165) is 45.1 Å². The quantitative estimate of drug-likeness (QED) is 0.629. The first-order chi connectivity index (χ1) is 16.0. The van der Waals surface area contributed by atoms with Gasteiger partial charge in [0, 0.05) is 26.1 Å². The average Bonchev–Trinajstić information content (AvgIpc) is 2.85. The summed E-state index contributed by atoms with van der Waals surface area (Å²) in [5, 5.41) is 0. The lowest BCUT2D eigenvalue weighted by Crippen LogP contribution is -2.48. The fraction of sp³-hybridized carbons (Fsp3) is 0.500. The van der Waals surface area contributed by atoms with Crippen LogP contribution in [0.4, 0.5) is 0 Å². The van der Waals surface area contributed by atoms with Crippen LogP contribution in [-0.2, 0) is 11.2 Å². The summed E-state index contributed by atoms with van der Waals surface area (Å²) in [5.74, 6) is 0.816. The largest absolute Gasteiger partial charge is 0.491 e. The van der Waals surface area contributed by atoms with Crippen molar-refractivity contribution in [1.82, 2.24) is 9.80 Å². The average molecular weight is 451 g/mol. The molecule has 0 saturated carbocycles. The number of fused-ring (bicyclic) bond motifs is 1. The smallest absolute Gasteiger partial charge is 0.257 e. The number of carbonyl (C=O) groups excluding carboxylic acids is 2. The fourth-order valence-electron chi connectivity index (χ4n) is 4.56. The van der Waals surface area contributed by atoms with Gasteiger partial charge >= 0.3 is 0 Å². The van der Waals surface area contributed by atoms with Crippen molar-refractivity contribution < 1.29 is 14.3 Å². The second kappa shape index (κ2) is 12.4. The van der Waals surface area contributed by atoms with Crippen LogP contribution in [0, 0.1) is 5.92 Å². The molecule has 5 nitrogen and oxygen atoms in total. The molecule has 33 heavy (non-hydrogen) atoms. The Labute approximate surface area is 198 Å². The van der Waals surface area contributed by atoms with Crippen LogP contribution in [0.15, 0.2) is 54.6 Å². The third kappa shape index (κ3) is 6.59. The van der Waals surface area contributed by atoms with E-state index in [1.165, 1.54) is 5.56 Å². The van der Waals surface area contributed by atoms with Gasteiger partial charge in [0.1, 0.15) is 12.4 Å². The van der Waals surface area contributed by atoms with E-state index in [4.69, 9.17) is 4.74 Å². The fourth-order valence-corrected chi connectivity index (χ4v) is 4.56. The van der Waals surface area contributed by atoms with Crippen molar-refractivity contribution >= 4 is 11.8 Å². The van der Waals surface area contributed by atoms with Crippen molar-refractivity contribution in [3.63, 3.8) is 0 Å². The Bertz CT molecular complexity index is 895. The van der Waals surface area contributed by atoms with Gasteiger partial charge in [0.15, 0.2) is 0 Å². The van der Waals surface area contributed by atoms with Crippen molar-refractivity contribution in [3.8, 4) is 5.75 Å². The number of nitrogens with zero attached hydrogens (tertiary/aromatic N) is 2. The number of benzene rings is 2. The minimum Gasteiger partial charge on any atom is -0.491 e. The van der Waals surface area contributed by atoms with E-state index in [2.05, 4.69) is 30.9 Å². The molecule has 5 heteroatoms. The zero-order valence-corrected chi connectivity index (χ0v) is 20.3. The highest BCUT2D eigenvalue weighted by molar-refractivity contribution is 5.96. The molecule has 0 spiro atoms. The summed E-state index contributed by atoms with van der Waals surface area (Å²) in [7, 11) is 1.85. The Morgan fingerprint density at radius 2 is 1.64 bits per heavy atom. The Morgan fingerprint density at radius 1 is 0.970 bits per heavy atom. The number of ether oxygens (including phenoxy) is 1. The molecule has 0 bridgehead atoms. The zero-order chi connectivity index (χ0) is 23.6. The van der Waals surface area contributed by atoms with E-state index in [1.54, 1.807) is 4.90 Å². The number of rotatable bonds is 5. The van der Waals surface area contributed by atoms with Gasteiger partial charge in [-0.3, -0.25) is 9.59 Å². The maximum atomic E-state index is 13.6. The summed E-state index contributed by atoms with van der Waals surface area (Å²) in [5.41, 5.74) is 1.76. The lowest BCUT2D eigenvalue weighted by Gasteiger charge is -2.34. The lowest BCUT2D eigenvalue weighted by atomic mass is 9.98. The zero-order valence-electron chi connectivity index (χ0n) is 20.3. The highest BCUT2D eigenvalue weighted by Crippen LogP contribution is 2.24. The van der Waals surface area contributed by atoms with Crippen molar-refractivity contribution in [2.24, 2.45) is 5.92 Å². The minimum atomic E-state index is -0.0952. The molecule has 1 aliphatic heterocycles. The van der Waals surface area contributed by atoms with Crippen molar-refractivity contribution in [2.45, 2.75) is 58.4 Å². The summed E-state index contributed by atoms with van der Waals surface area (Å²) in [6.45, 7) is 5.95. The maximum absolute atomic E-state index is 13.6. The van der Waals surface area contributed by atoms with E-state index in [9.17, 15) is 9.59 Å². The first-order valence-corrected chi connectivity index (χ1v) is 12.4. The van der Waals surface area contributed by atoms with Gasteiger partial charge in [-0.1, -0.05) is 56.3 Å². The van der Waals surface area contributed by atoms with Crippen LogP contribution in [0.5, 0.6) is 5.75 Å². The van der Waals surface area contributed by atoms with Gasteiger partial charge < -0.3 is 14.5 Å². The highest BCUT2D eigenvalue weighted by atomic mass is 16.5. The molecule has 1 heterocycles. The Kier molecular flexibility index (Phi) is 9.35. The van der Waals surface area contributed by atoms with E-state index in [-0.39, 0.29) is 23.8 Å². The van der Waals surface area contributed by atoms with Gasteiger partial charge in [-0.25, -0.2) is 0 Å². The highest BCUT2D eigenvalue weighted by Gasteiger charge is 2.29. The minimum absolute atomic E-state index is 0.0191. The summed E-state index contributed by atoms with van der Waals surface area (Å²) in [6, 6.07) is 17.6. The Hall–Kier alpha value is -2.82. The van der Waals surface area contributed by atoms with Gasteiger partial charge in [-0.05, 0) is 56.2 Å². The third-order valence-electron chi connectivity index (χ3n) is 6.66. The molecule has 0 saturated heterocycles. The first-order valence-electron chi connectivity index (χ1n) is 12.4. The lowest BCUT2D eigenvalue weighted by molar-refractivity contribution is -0.139. The molecule has 0 N–H and O–H groups in total. The second-order valence-corrected chi connectivity index (χ2v) is 8.98. The predicted molar refractivity (Wildman–Crippen MR) is 132 cm³/mol. The van der Waals surface area contributed by atoms with Crippen molar-refractivity contribution in [2.75, 3.05) is 26.7 Å². The van der Waals surface area contributed by atoms with Gasteiger partial charge in [-0.2, -0.15) is 0 Å². The molecule has 3 rings (SSSR count). The SMILES string of the molecule is CCC(CC)C(=O)N1CCCCCN(C)C(=O)c2ccccc2OC[C@H]1Cc1ccccc1. The predicted octanol–water partition coefficient (Wildman–Crippen LogP) is 5.20. The topological polar surface area (TPSA) is 49.9 Å². The molecule has 2 aromatic rings. The van der Waals surface area contributed by atoms with E-state index in [0.29, 0.717) is 24.5 Å². The van der Waals surface area contributed by atoms with Crippen LogP contribution in [-0.4, -0.2) is 54.4 Å². The van der Waals surface area contributed by atoms with E-state index >= 15 is 0 Å². The summed E-state index contributed by atoms with van der Waals surface area (Å²) in [6.07, 6.45) is 5.22. The number of para-hydroxylation sites is 1. The summed E-state index contributed by atoms with van der Waals surface area (Å²) in [4.78, 5) is 30.5. The monoisotopic (exact) mass is 450 g/mol. The van der Waals surface area contributed by atoms with Crippen LogP contribution in [0.2, 0.25) is 0 Å². The molecular formula is C28H38N2O3. The van der Waals surface area contributed by atoms with Gasteiger partial charge in [0.25, 0.3) is 5.91 Å². The molecule has 0 fully saturated rings. The normalized spacial score (nSPS) is 18.1. The molecule has 0 aromatic heterocycles.